The van der Waals surface area contributed by atoms with E-state index in [-0.39, 0.29) is 18.1 Å². The van der Waals surface area contributed by atoms with Crippen LogP contribution in [-0.4, -0.2) is 37.2 Å². The Hall–Kier alpha value is -0.220. The average Bonchev–Trinajstić information content (AvgIpc) is 2.04. The highest BCUT2D eigenvalue weighted by molar-refractivity contribution is 7.98. The molecule has 0 aromatic carbocycles. The second-order valence-corrected chi connectivity index (χ2v) is 4.09. The second-order valence-electron chi connectivity index (χ2n) is 3.11. The van der Waals surface area contributed by atoms with Crippen molar-refractivity contribution in [2.75, 3.05) is 19.1 Å². The van der Waals surface area contributed by atoms with E-state index in [9.17, 15) is 4.79 Å². The van der Waals surface area contributed by atoms with E-state index >= 15 is 0 Å². The number of carbonyl (C=O) groups is 1. The number of hydrogen-bond donors (Lipinski definition) is 1. The van der Waals surface area contributed by atoms with Gasteiger partial charge < -0.3 is 10.1 Å². The van der Waals surface area contributed by atoms with Gasteiger partial charge in [0.2, 0.25) is 0 Å². The lowest BCUT2D eigenvalue weighted by Crippen LogP contribution is -2.37. The molecule has 1 N–H and O–H groups in total. The number of thioether (sulfide) groups is 1. The quantitative estimate of drug-likeness (QED) is 0.663. The van der Waals surface area contributed by atoms with Gasteiger partial charge >= 0.3 is 5.97 Å². The summed E-state index contributed by atoms with van der Waals surface area (Å²) in [6.07, 6.45) is 2.82. The lowest BCUT2D eigenvalue weighted by Gasteiger charge is -2.16. The zero-order valence-corrected chi connectivity index (χ0v) is 9.61. The minimum Gasteiger partial charge on any atom is -0.462 e. The van der Waals surface area contributed by atoms with E-state index in [1.807, 2.05) is 20.1 Å². The van der Waals surface area contributed by atoms with Gasteiger partial charge in [0.15, 0.2) is 0 Å². The summed E-state index contributed by atoms with van der Waals surface area (Å²) in [5, 5.41) is 2.95. The third-order valence-electron chi connectivity index (χ3n) is 1.60. The molecular formula is C9H19NO2S. The molecule has 0 radical (unpaired) electrons. The van der Waals surface area contributed by atoms with E-state index in [1.54, 1.807) is 18.8 Å². The summed E-state index contributed by atoms with van der Waals surface area (Å²) >= 11 is 1.73. The zero-order valence-electron chi connectivity index (χ0n) is 8.79. The molecule has 0 aliphatic heterocycles. The van der Waals surface area contributed by atoms with Crippen LogP contribution in [0.4, 0.5) is 0 Å². The number of hydrogen-bond acceptors (Lipinski definition) is 4. The first-order chi connectivity index (χ1) is 6.11. The van der Waals surface area contributed by atoms with Crippen LogP contribution in [0.1, 0.15) is 20.3 Å². The van der Waals surface area contributed by atoms with Crippen LogP contribution in [0.3, 0.4) is 0 Å². The van der Waals surface area contributed by atoms with Gasteiger partial charge in [0.25, 0.3) is 0 Å². The smallest absolute Gasteiger partial charge is 0.323 e. The Bertz CT molecular complexity index is 151. The third-order valence-corrected chi connectivity index (χ3v) is 2.24. The van der Waals surface area contributed by atoms with Crippen molar-refractivity contribution in [3.8, 4) is 0 Å². The fourth-order valence-corrected chi connectivity index (χ4v) is 1.40. The molecule has 0 saturated heterocycles. The van der Waals surface area contributed by atoms with Crippen molar-refractivity contribution in [3.05, 3.63) is 0 Å². The summed E-state index contributed by atoms with van der Waals surface area (Å²) in [4.78, 5) is 11.4. The highest BCUT2D eigenvalue weighted by Crippen LogP contribution is 2.03. The predicted molar refractivity (Wildman–Crippen MR) is 57.1 cm³/mol. The van der Waals surface area contributed by atoms with E-state index < -0.39 is 0 Å². The molecule has 0 spiro atoms. The van der Waals surface area contributed by atoms with Gasteiger partial charge in [-0.2, -0.15) is 11.8 Å². The van der Waals surface area contributed by atoms with Crippen LogP contribution in [0.15, 0.2) is 0 Å². The number of ether oxygens (including phenoxy) is 1. The third kappa shape index (κ3) is 5.93. The molecular weight excluding hydrogens is 186 g/mol. The van der Waals surface area contributed by atoms with E-state index in [4.69, 9.17) is 4.74 Å². The van der Waals surface area contributed by atoms with Crippen molar-refractivity contribution in [2.45, 2.75) is 32.4 Å². The Labute approximate surface area is 84.6 Å². The fraction of sp³-hybridized carbons (Fsp3) is 0.889. The molecule has 0 heterocycles. The summed E-state index contributed by atoms with van der Waals surface area (Å²) in [6, 6.07) is -0.158. The van der Waals surface area contributed by atoms with Gasteiger partial charge in [0.05, 0.1) is 6.10 Å². The minimum atomic E-state index is -0.158. The van der Waals surface area contributed by atoms with Crippen LogP contribution in [-0.2, 0) is 9.53 Å². The molecule has 13 heavy (non-hydrogen) atoms. The molecule has 0 fully saturated rings. The maximum atomic E-state index is 11.4. The van der Waals surface area contributed by atoms with Crippen LogP contribution in [0.5, 0.6) is 0 Å². The molecule has 0 rings (SSSR count). The maximum Gasteiger partial charge on any atom is 0.323 e. The lowest BCUT2D eigenvalue weighted by molar-refractivity contribution is -0.149. The summed E-state index contributed by atoms with van der Waals surface area (Å²) in [7, 11) is 1.78. The molecule has 4 heteroatoms. The largest absolute Gasteiger partial charge is 0.462 e. The van der Waals surface area contributed by atoms with Gasteiger partial charge in [-0.15, -0.1) is 0 Å². The zero-order chi connectivity index (χ0) is 10.3. The van der Waals surface area contributed by atoms with Crippen LogP contribution in [0, 0.1) is 0 Å². The van der Waals surface area contributed by atoms with Gasteiger partial charge in [-0.1, -0.05) is 0 Å². The summed E-state index contributed by atoms with van der Waals surface area (Å²) in [5.41, 5.74) is 0. The molecule has 3 nitrogen and oxygen atoms in total. The van der Waals surface area contributed by atoms with Crippen molar-refractivity contribution in [2.24, 2.45) is 0 Å². The Morgan fingerprint density at radius 3 is 2.54 bits per heavy atom. The molecule has 0 aromatic rings. The van der Waals surface area contributed by atoms with Gasteiger partial charge in [-0.05, 0) is 39.3 Å². The first-order valence-corrected chi connectivity index (χ1v) is 5.88. The molecule has 0 amide bonds. The molecule has 0 saturated carbocycles. The average molecular weight is 205 g/mol. The Balaban J connectivity index is 3.84. The molecule has 78 valence electrons. The van der Waals surface area contributed by atoms with E-state index in [0.29, 0.717) is 0 Å². The number of carbonyl (C=O) groups excluding carboxylic acids is 1. The minimum absolute atomic E-state index is 0.0300. The topological polar surface area (TPSA) is 38.3 Å². The van der Waals surface area contributed by atoms with Crippen LogP contribution in [0.2, 0.25) is 0 Å². The fourth-order valence-electron chi connectivity index (χ4n) is 0.930. The molecule has 0 bridgehead atoms. The SMILES string of the molecule is CNC(CCSC)C(=O)OC(C)C. The molecule has 1 unspecified atom stereocenters. The Morgan fingerprint density at radius 2 is 2.15 bits per heavy atom. The number of esters is 1. The molecule has 0 aliphatic carbocycles. The standard InChI is InChI=1S/C9H19NO2S/c1-7(2)12-9(11)8(10-3)5-6-13-4/h7-8,10H,5-6H2,1-4H3. The first-order valence-electron chi connectivity index (χ1n) is 4.48. The Morgan fingerprint density at radius 1 is 1.54 bits per heavy atom. The highest BCUT2D eigenvalue weighted by atomic mass is 32.2. The van der Waals surface area contributed by atoms with Crippen LogP contribution >= 0.6 is 11.8 Å². The normalized spacial score (nSPS) is 13.0. The summed E-state index contributed by atoms with van der Waals surface area (Å²) in [6.45, 7) is 3.72. The van der Waals surface area contributed by atoms with Crippen molar-refractivity contribution in [1.82, 2.24) is 5.32 Å². The monoisotopic (exact) mass is 205 g/mol. The lowest BCUT2D eigenvalue weighted by atomic mass is 10.2. The van der Waals surface area contributed by atoms with Crippen molar-refractivity contribution in [1.29, 1.82) is 0 Å². The first kappa shape index (κ1) is 12.8. The van der Waals surface area contributed by atoms with Crippen LogP contribution < -0.4 is 5.32 Å². The van der Waals surface area contributed by atoms with Crippen molar-refractivity contribution in [3.63, 3.8) is 0 Å². The summed E-state index contributed by atoms with van der Waals surface area (Å²) in [5.74, 6) is 0.824. The molecule has 0 aliphatic rings. The highest BCUT2D eigenvalue weighted by Gasteiger charge is 2.17. The molecule has 0 aromatic heterocycles. The van der Waals surface area contributed by atoms with Gasteiger partial charge in [0.1, 0.15) is 6.04 Å². The van der Waals surface area contributed by atoms with E-state index in [0.717, 1.165) is 12.2 Å². The van der Waals surface area contributed by atoms with Gasteiger partial charge in [-0.25, -0.2) is 0 Å². The van der Waals surface area contributed by atoms with Crippen LogP contribution in [0.25, 0.3) is 0 Å². The Kier molecular flexibility index (Phi) is 7.09. The maximum absolute atomic E-state index is 11.4. The number of rotatable bonds is 6. The predicted octanol–water partition coefficient (Wildman–Crippen LogP) is 1.28. The van der Waals surface area contributed by atoms with Gasteiger partial charge in [0, 0.05) is 0 Å². The van der Waals surface area contributed by atoms with Crippen molar-refractivity contribution >= 4 is 17.7 Å². The number of likely N-dealkylation sites (N-methyl/N-ethyl adjacent to an activating group) is 1. The van der Waals surface area contributed by atoms with E-state index in [1.165, 1.54) is 0 Å². The van der Waals surface area contributed by atoms with Gasteiger partial charge in [-0.3, -0.25) is 4.79 Å². The second kappa shape index (κ2) is 7.21. The molecule has 1 atom stereocenters. The van der Waals surface area contributed by atoms with E-state index in [2.05, 4.69) is 5.32 Å². The van der Waals surface area contributed by atoms with Crippen molar-refractivity contribution < 1.29 is 9.53 Å². The summed E-state index contributed by atoms with van der Waals surface area (Å²) < 4.78 is 5.09. The number of nitrogens with one attached hydrogen (secondary N) is 1.